The van der Waals surface area contributed by atoms with Crippen LogP contribution in [0.15, 0.2) is 30.3 Å². The largest absolute Gasteiger partial charge is 0.506 e. The number of phenolic OH excluding ortho intramolecular Hbond substituents is 1. The van der Waals surface area contributed by atoms with E-state index in [1.807, 2.05) is 0 Å². The second-order valence-corrected chi connectivity index (χ2v) is 6.29. The van der Waals surface area contributed by atoms with E-state index >= 15 is 0 Å². The molecule has 0 saturated carbocycles. The molecule has 0 saturated heterocycles. The molecule has 3 rings (SSSR count). The molecule has 1 aliphatic rings. The number of ketones is 1. The van der Waals surface area contributed by atoms with Crippen LogP contribution in [0.5, 0.6) is 11.5 Å². The van der Waals surface area contributed by atoms with E-state index in [2.05, 4.69) is 0 Å². The van der Waals surface area contributed by atoms with Crippen LogP contribution in [0.25, 0.3) is 6.08 Å². The summed E-state index contributed by atoms with van der Waals surface area (Å²) in [6, 6.07) is 5.46. The zero-order chi connectivity index (χ0) is 18.8. The van der Waals surface area contributed by atoms with Crippen LogP contribution in [0.1, 0.15) is 31.8 Å². The zero-order valence-corrected chi connectivity index (χ0v) is 14.7. The summed E-state index contributed by atoms with van der Waals surface area (Å²) in [5, 5.41) is 19.3. The molecule has 0 atom stereocenters. The number of phenols is 1. The van der Waals surface area contributed by atoms with Gasteiger partial charge in [0.2, 0.25) is 0 Å². The summed E-state index contributed by atoms with van der Waals surface area (Å²) in [7, 11) is 0. The molecular weight excluding hydrogens is 383 g/mol. The molecule has 134 valence electrons. The molecule has 1 aliphatic heterocycles. The minimum absolute atomic E-state index is 0.0267. The van der Waals surface area contributed by atoms with Gasteiger partial charge in [-0.2, -0.15) is 0 Å². The minimum atomic E-state index is -1.11. The Kier molecular flexibility index (Phi) is 5.18. The number of aromatic carboxylic acids is 1. The van der Waals surface area contributed by atoms with Crippen LogP contribution in [0.4, 0.5) is 0 Å². The molecule has 26 heavy (non-hydrogen) atoms. The monoisotopic (exact) mass is 394 g/mol. The van der Waals surface area contributed by atoms with Crippen LogP contribution in [-0.2, 0) is 11.3 Å². The van der Waals surface area contributed by atoms with Crippen molar-refractivity contribution in [1.82, 2.24) is 0 Å². The standard InChI is InChI=1S/C18H12Cl2O6/c19-12-5-13(16(22)14(20)6-12)15(21)2-1-9-3-10(18(23)24)4-11-7-25-8-26-17(9)11/h1-6,22H,7-8H2,(H,23,24). The van der Waals surface area contributed by atoms with E-state index in [0.717, 1.165) is 0 Å². The van der Waals surface area contributed by atoms with Gasteiger partial charge in [-0.3, -0.25) is 4.79 Å². The number of ether oxygens (including phenoxy) is 2. The average molecular weight is 395 g/mol. The van der Waals surface area contributed by atoms with Crippen molar-refractivity contribution < 1.29 is 29.3 Å². The first-order valence-electron chi connectivity index (χ1n) is 7.38. The van der Waals surface area contributed by atoms with Gasteiger partial charge in [-0.1, -0.05) is 23.2 Å². The van der Waals surface area contributed by atoms with Gasteiger partial charge in [-0.25, -0.2) is 4.79 Å². The summed E-state index contributed by atoms with van der Waals surface area (Å²) in [5.74, 6) is -1.60. The molecule has 8 heteroatoms. The van der Waals surface area contributed by atoms with Gasteiger partial charge in [0, 0.05) is 16.1 Å². The van der Waals surface area contributed by atoms with Crippen LogP contribution >= 0.6 is 23.2 Å². The van der Waals surface area contributed by atoms with Gasteiger partial charge >= 0.3 is 5.97 Å². The van der Waals surface area contributed by atoms with E-state index in [-0.39, 0.29) is 40.3 Å². The smallest absolute Gasteiger partial charge is 0.335 e. The Morgan fingerprint density at radius 1 is 1.15 bits per heavy atom. The molecule has 0 amide bonds. The van der Waals surface area contributed by atoms with Crippen molar-refractivity contribution in [3.05, 3.63) is 62.6 Å². The highest BCUT2D eigenvalue weighted by atomic mass is 35.5. The lowest BCUT2D eigenvalue weighted by Crippen LogP contribution is -2.13. The predicted octanol–water partition coefficient (Wildman–Crippen LogP) is 4.16. The van der Waals surface area contributed by atoms with Gasteiger partial charge in [0.1, 0.15) is 11.5 Å². The molecule has 2 aromatic rings. The Bertz CT molecular complexity index is 936. The number of aromatic hydroxyl groups is 1. The number of carboxylic acids is 1. The Hall–Kier alpha value is -2.54. The lowest BCUT2D eigenvalue weighted by Gasteiger charge is -2.20. The van der Waals surface area contributed by atoms with Crippen molar-refractivity contribution in [2.45, 2.75) is 6.61 Å². The van der Waals surface area contributed by atoms with E-state index in [1.54, 1.807) is 0 Å². The molecule has 0 spiro atoms. The number of fused-ring (bicyclic) bond motifs is 1. The third-order valence-electron chi connectivity index (χ3n) is 3.69. The average Bonchev–Trinajstić information content (AvgIpc) is 2.62. The number of rotatable bonds is 4. The third-order valence-corrected chi connectivity index (χ3v) is 4.20. The van der Waals surface area contributed by atoms with Crippen molar-refractivity contribution in [2.75, 3.05) is 6.79 Å². The van der Waals surface area contributed by atoms with E-state index in [0.29, 0.717) is 16.9 Å². The summed E-state index contributed by atoms with van der Waals surface area (Å²) >= 11 is 11.7. The first-order chi connectivity index (χ1) is 12.4. The molecule has 0 fully saturated rings. The highest BCUT2D eigenvalue weighted by Gasteiger charge is 2.19. The van der Waals surface area contributed by atoms with E-state index in [1.165, 1.54) is 36.4 Å². The predicted molar refractivity (Wildman–Crippen MR) is 95.2 cm³/mol. The third kappa shape index (κ3) is 3.67. The zero-order valence-electron chi connectivity index (χ0n) is 13.2. The molecule has 1 heterocycles. The lowest BCUT2D eigenvalue weighted by atomic mass is 10.0. The SMILES string of the molecule is O=C(O)c1cc(C=CC(=O)c2cc(Cl)cc(Cl)c2O)c2c(c1)COCO2. The van der Waals surface area contributed by atoms with Crippen molar-refractivity contribution in [3.63, 3.8) is 0 Å². The first kappa shape index (κ1) is 18.3. The Morgan fingerprint density at radius 3 is 2.65 bits per heavy atom. The van der Waals surface area contributed by atoms with Crippen molar-refractivity contribution >= 4 is 41.0 Å². The highest BCUT2D eigenvalue weighted by molar-refractivity contribution is 6.36. The number of carboxylic acid groups (broad SMARTS) is 1. The van der Waals surface area contributed by atoms with E-state index in [4.69, 9.17) is 32.7 Å². The summed E-state index contributed by atoms with van der Waals surface area (Å²) in [4.78, 5) is 23.7. The summed E-state index contributed by atoms with van der Waals surface area (Å²) in [6.07, 6.45) is 2.59. The van der Waals surface area contributed by atoms with Crippen LogP contribution < -0.4 is 4.74 Å². The van der Waals surface area contributed by atoms with Crippen molar-refractivity contribution in [2.24, 2.45) is 0 Å². The number of hydrogen-bond acceptors (Lipinski definition) is 5. The van der Waals surface area contributed by atoms with Gasteiger partial charge in [-0.05, 0) is 36.4 Å². The van der Waals surface area contributed by atoms with Gasteiger partial charge < -0.3 is 19.7 Å². The maximum Gasteiger partial charge on any atom is 0.335 e. The normalized spacial score (nSPS) is 13.3. The molecule has 6 nitrogen and oxygen atoms in total. The highest BCUT2D eigenvalue weighted by Crippen LogP contribution is 2.33. The number of halogens is 2. The molecule has 0 bridgehead atoms. The van der Waals surface area contributed by atoms with Crippen LogP contribution in [0, 0.1) is 0 Å². The fourth-order valence-corrected chi connectivity index (χ4v) is 3.00. The fraction of sp³-hybridized carbons (Fsp3) is 0.111. The van der Waals surface area contributed by atoms with Crippen LogP contribution in [-0.4, -0.2) is 28.8 Å². The van der Waals surface area contributed by atoms with Gasteiger partial charge in [-0.15, -0.1) is 0 Å². The maximum atomic E-state index is 12.4. The van der Waals surface area contributed by atoms with E-state index < -0.39 is 11.8 Å². The number of hydrogen-bond donors (Lipinski definition) is 2. The molecule has 0 aromatic heterocycles. The number of carbonyl (C=O) groups is 2. The second-order valence-electron chi connectivity index (χ2n) is 5.45. The number of allylic oxidation sites excluding steroid dienone is 1. The van der Waals surface area contributed by atoms with Crippen molar-refractivity contribution in [1.29, 1.82) is 0 Å². The Morgan fingerprint density at radius 2 is 1.92 bits per heavy atom. The van der Waals surface area contributed by atoms with Gasteiger partial charge in [0.25, 0.3) is 0 Å². The first-order valence-corrected chi connectivity index (χ1v) is 8.13. The van der Waals surface area contributed by atoms with Crippen LogP contribution in [0.3, 0.4) is 0 Å². The lowest BCUT2D eigenvalue weighted by molar-refractivity contribution is -0.0165. The Labute approximate surface area is 158 Å². The minimum Gasteiger partial charge on any atom is -0.506 e. The molecule has 2 N–H and O–H groups in total. The molecule has 0 aliphatic carbocycles. The van der Waals surface area contributed by atoms with E-state index in [9.17, 15) is 19.8 Å². The molecule has 2 aromatic carbocycles. The quantitative estimate of drug-likeness (QED) is 0.597. The Balaban J connectivity index is 1.99. The molecule has 0 unspecified atom stereocenters. The van der Waals surface area contributed by atoms with Gasteiger partial charge in [0.05, 0.1) is 22.8 Å². The maximum absolute atomic E-state index is 12.4. The number of benzene rings is 2. The number of carbonyl (C=O) groups excluding carboxylic acids is 1. The summed E-state index contributed by atoms with van der Waals surface area (Å²) in [5.41, 5.74) is 0.950. The second kappa shape index (κ2) is 7.37. The molecule has 0 radical (unpaired) electrons. The van der Waals surface area contributed by atoms with Crippen molar-refractivity contribution in [3.8, 4) is 11.5 Å². The fourth-order valence-electron chi connectivity index (χ4n) is 2.51. The summed E-state index contributed by atoms with van der Waals surface area (Å²) in [6.45, 7) is 0.231. The summed E-state index contributed by atoms with van der Waals surface area (Å²) < 4.78 is 10.6. The van der Waals surface area contributed by atoms with Crippen LogP contribution in [0.2, 0.25) is 10.0 Å². The topological polar surface area (TPSA) is 93.1 Å². The van der Waals surface area contributed by atoms with Gasteiger partial charge in [0.15, 0.2) is 12.6 Å². The molecular formula is C18H12Cl2O6.